The second-order valence-corrected chi connectivity index (χ2v) is 6.35. The Hall–Kier alpha value is -1.03. The Labute approximate surface area is 99.2 Å². The summed E-state index contributed by atoms with van der Waals surface area (Å²) in [5.41, 5.74) is 0.342. The molecule has 0 saturated heterocycles. The number of aromatic nitrogens is 1. The predicted molar refractivity (Wildman–Crippen MR) is 56.3 cm³/mol. The van der Waals surface area contributed by atoms with Gasteiger partial charge in [0.05, 0.1) is 0 Å². The van der Waals surface area contributed by atoms with E-state index < -0.39 is 31.7 Å². The first kappa shape index (κ1) is 14.0. The number of nitrogens with zero attached hydrogens (tertiary/aromatic N) is 1. The van der Waals surface area contributed by atoms with E-state index in [4.69, 9.17) is 4.55 Å². The SMILES string of the molecule is C[n+]1c(CS(=O)(=O)[O-])cccc1CS(=O)(=O)O. The molecular formula is C8H11NO6S2. The minimum atomic E-state index is -4.44. The van der Waals surface area contributed by atoms with Gasteiger partial charge in [-0.2, -0.15) is 8.42 Å². The molecule has 17 heavy (non-hydrogen) atoms. The van der Waals surface area contributed by atoms with Gasteiger partial charge in [-0.3, -0.25) is 4.55 Å². The van der Waals surface area contributed by atoms with Gasteiger partial charge < -0.3 is 4.55 Å². The zero-order valence-corrected chi connectivity index (χ0v) is 10.5. The molecule has 0 spiro atoms. The highest BCUT2D eigenvalue weighted by Gasteiger charge is 2.19. The van der Waals surface area contributed by atoms with Gasteiger partial charge in [0.2, 0.25) is 0 Å². The molecule has 96 valence electrons. The van der Waals surface area contributed by atoms with Crippen LogP contribution in [0, 0.1) is 0 Å². The Morgan fingerprint density at radius 2 is 1.65 bits per heavy atom. The lowest BCUT2D eigenvalue weighted by Gasteiger charge is -2.07. The van der Waals surface area contributed by atoms with Crippen LogP contribution in [-0.4, -0.2) is 25.9 Å². The van der Waals surface area contributed by atoms with Crippen LogP contribution in [0.1, 0.15) is 11.4 Å². The lowest BCUT2D eigenvalue weighted by molar-refractivity contribution is -0.684. The van der Waals surface area contributed by atoms with Crippen LogP contribution in [-0.2, 0) is 38.8 Å². The maximum atomic E-state index is 10.7. The van der Waals surface area contributed by atoms with Crippen LogP contribution in [0.4, 0.5) is 0 Å². The van der Waals surface area contributed by atoms with E-state index in [0.29, 0.717) is 0 Å². The molecule has 1 aromatic heterocycles. The summed E-state index contributed by atoms with van der Waals surface area (Å²) in [6.07, 6.45) is 0. The van der Waals surface area contributed by atoms with Crippen molar-refractivity contribution in [3.63, 3.8) is 0 Å². The second kappa shape index (κ2) is 4.69. The predicted octanol–water partition coefficient (Wildman–Crippen LogP) is -1.06. The molecule has 9 heteroatoms. The lowest BCUT2D eigenvalue weighted by atomic mass is 10.3. The molecule has 1 aromatic rings. The van der Waals surface area contributed by atoms with E-state index in [1.54, 1.807) is 0 Å². The first-order chi connectivity index (χ1) is 7.58. The summed E-state index contributed by atoms with van der Waals surface area (Å²) in [6, 6.07) is 4.22. The van der Waals surface area contributed by atoms with Crippen LogP contribution in [0.3, 0.4) is 0 Å². The molecule has 1 N–H and O–H groups in total. The molecule has 0 aliphatic carbocycles. The van der Waals surface area contributed by atoms with Gasteiger partial charge in [-0.1, -0.05) is 0 Å². The van der Waals surface area contributed by atoms with Crippen LogP contribution in [0.2, 0.25) is 0 Å². The van der Waals surface area contributed by atoms with Crippen molar-refractivity contribution in [3.8, 4) is 0 Å². The fraction of sp³-hybridized carbons (Fsp3) is 0.375. The average Bonchev–Trinajstić information content (AvgIpc) is 2.07. The second-order valence-electron chi connectivity index (χ2n) is 3.50. The van der Waals surface area contributed by atoms with Crippen molar-refractivity contribution in [1.82, 2.24) is 0 Å². The molecule has 1 heterocycles. The highest BCUT2D eigenvalue weighted by atomic mass is 32.2. The summed E-state index contributed by atoms with van der Waals surface area (Å²) < 4.78 is 63.2. The quantitative estimate of drug-likeness (QED) is 0.556. The molecule has 0 unspecified atom stereocenters. The lowest BCUT2D eigenvalue weighted by Crippen LogP contribution is -2.40. The molecule has 0 amide bonds. The Kier molecular flexibility index (Phi) is 3.87. The Bertz CT molecular complexity index is 567. The van der Waals surface area contributed by atoms with Crippen molar-refractivity contribution < 1.29 is 30.5 Å². The zero-order valence-electron chi connectivity index (χ0n) is 8.90. The zero-order chi connectivity index (χ0) is 13.3. The topological polar surface area (TPSA) is 115 Å². The van der Waals surface area contributed by atoms with Crippen molar-refractivity contribution in [3.05, 3.63) is 29.6 Å². The molecule has 0 saturated carbocycles. The third-order valence-electron chi connectivity index (χ3n) is 2.09. The summed E-state index contributed by atoms with van der Waals surface area (Å²) in [5.74, 6) is -1.38. The van der Waals surface area contributed by atoms with Crippen molar-refractivity contribution in [2.24, 2.45) is 7.05 Å². The van der Waals surface area contributed by atoms with E-state index in [0.717, 1.165) is 0 Å². The Morgan fingerprint density at radius 3 is 2.06 bits per heavy atom. The van der Waals surface area contributed by atoms with Crippen molar-refractivity contribution in [2.75, 3.05) is 0 Å². The largest absolute Gasteiger partial charge is 0.748 e. The van der Waals surface area contributed by atoms with Gasteiger partial charge in [0.25, 0.3) is 10.1 Å². The van der Waals surface area contributed by atoms with Gasteiger partial charge >= 0.3 is 0 Å². The summed E-state index contributed by atoms with van der Waals surface area (Å²) in [5, 5.41) is 0. The van der Waals surface area contributed by atoms with E-state index >= 15 is 0 Å². The minimum Gasteiger partial charge on any atom is -0.748 e. The van der Waals surface area contributed by atoms with Crippen LogP contribution in [0.15, 0.2) is 18.2 Å². The van der Waals surface area contributed by atoms with Gasteiger partial charge in [0, 0.05) is 12.1 Å². The maximum absolute atomic E-state index is 10.7. The molecule has 7 nitrogen and oxygen atoms in total. The van der Waals surface area contributed by atoms with E-state index in [9.17, 15) is 21.4 Å². The van der Waals surface area contributed by atoms with E-state index in [1.165, 1.54) is 29.8 Å². The van der Waals surface area contributed by atoms with Gasteiger partial charge in [-0.05, 0) is 6.07 Å². The molecular weight excluding hydrogens is 270 g/mol. The van der Waals surface area contributed by atoms with Crippen molar-refractivity contribution in [2.45, 2.75) is 11.5 Å². The Balaban J connectivity index is 3.16. The summed E-state index contributed by atoms with van der Waals surface area (Å²) in [6.45, 7) is 0. The number of pyridine rings is 1. The molecule has 0 aromatic carbocycles. The van der Waals surface area contributed by atoms with Gasteiger partial charge in [0.15, 0.2) is 17.1 Å². The fourth-order valence-electron chi connectivity index (χ4n) is 1.34. The number of hydrogen-bond acceptors (Lipinski definition) is 5. The van der Waals surface area contributed by atoms with Gasteiger partial charge in [0.1, 0.15) is 22.9 Å². The summed E-state index contributed by atoms with van der Waals surface area (Å²) >= 11 is 0. The normalized spacial score (nSPS) is 12.6. The van der Waals surface area contributed by atoms with Crippen molar-refractivity contribution >= 4 is 20.2 Å². The van der Waals surface area contributed by atoms with Crippen molar-refractivity contribution in [1.29, 1.82) is 0 Å². The van der Waals surface area contributed by atoms with Gasteiger partial charge in [-0.25, -0.2) is 13.0 Å². The third kappa shape index (κ3) is 4.77. The molecule has 1 rings (SSSR count). The van der Waals surface area contributed by atoms with E-state index in [2.05, 4.69) is 0 Å². The molecule has 0 bridgehead atoms. The summed E-state index contributed by atoms with van der Waals surface area (Å²) in [7, 11) is -7.23. The maximum Gasteiger partial charge on any atom is 0.275 e. The van der Waals surface area contributed by atoms with Crippen LogP contribution < -0.4 is 4.57 Å². The Morgan fingerprint density at radius 1 is 1.18 bits per heavy atom. The number of hydrogen-bond donors (Lipinski definition) is 1. The molecule has 0 aliphatic rings. The first-order valence-electron chi connectivity index (χ1n) is 4.44. The monoisotopic (exact) mass is 281 g/mol. The standard InChI is InChI=1S/C8H11NO6S2/c1-9-7(5-16(10,11)12)3-2-4-8(9)6-17(13,14)15/h2-4H,5-6H2,1H3,(H-,10,11,12,13,14,15). The third-order valence-corrected chi connectivity index (χ3v) is 3.40. The summed E-state index contributed by atoms with van der Waals surface area (Å²) in [4.78, 5) is 0. The molecule has 0 radical (unpaired) electrons. The number of rotatable bonds is 4. The van der Waals surface area contributed by atoms with Crippen LogP contribution in [0.25, 0.3) is 0 Å². The molecule has 0 fully saturated rings. The highest BCUT2D eigenvalue weighted by molar-refractivity contribution is 7.85. The van der Waals surface area contributed by atoms with E-state index in [1.807, 2.05) is 0 Å². The molecule has 0 aliphatic heterocycles. The average molecular weight is 281 g/mol. The van der Waals surface area contributed by atoms with E-state index in [-0.39, 0.29) is 11.4 Å². The minimum absolute atomic E-state index is 0.154. The first-order valence-corrected chi connectivity index (χ1v) is 7.63. The fourth-order valence-corrected chi connectivity index (χ4v) is 2.65. The highest BCUT2D eigenvalue weighted by Crippen LogP contribution is 2.04. The van der Waals surface area contributed by atoms with Gasteiger partial charge in [-0.15, -0.1) is 0 Å². The molecule has 0 atom stereocenters. The van der Waals surface area contributed by atoms with Crippen LogP contribution >= 0.6 is 0 Å². The van der Waals surface area contributed by atoms with Crippen LogP contribution in [0.5, 0.6) is 0 Å². The smallest absolute Gasteiger partial charge is 0.275 e.